The Bertz CT molecular complexity index is 940. The van der Waals surface area contributed by atoms with Crippen molar-refractivity contribution in [3.05, 3.63) is 59.1 Å². The third-order valence-electron chi connectivity index (χ3n) is 4.26. The fourth-order valence-electron chi connectivity index (χ4n) is 2.64. The van der Waals surface area contributed by atoms with E-state index in [4.69, 9.17) is 16.3 Å². The number of benzene rings is 2. The molecule has 2 aromatic rings. The molecule has 0 aromatic heterocycles. The molecule has 1 aliphatic rings. The highest BCUT2D eigenvalue weighted by Gasteiger charge is 2.62. The lowest BCUT2D eigenvalue weighted by atomic mass is 10.2. The van der Waals surface area contributed by atoms with Crippen LogP contribution in [0.4, 0.5) is 8.78 Å². The van der Waals surface area contributed by atoms with Crippen LogP contribution in [0.5, 0.6) is 5.75 Å². The van der Waals surface area contributed by atoms with E-state index in [0.717, 1.165) is 0 Å². The summed E-state index contributed by atoms with van der Waals surface area (Å²) in [5.74, 6) is -1.05. The molecule has 9 heteroatoms. The van der Waals surface area contributed by atoms with Gasteiger partial charge in [-0.3, -0.25) is 4.79 Å². The molecule has 27 heavy (non-hydrogen) atoms. The minimum atomic E-state index is -3.96. The molecule has 0 spiro atoms. The lowest BCUT2D eigenvalue weighted by molar-refractivity contribution is -0.145. The highest BCUT2D eigenvalue weighted by molar-refractivity contribution is 7.94. The van der Waals surface area contributed by atoms with Crippen LogP contribution in [0.2, 0.25) is 5.02 Å². The molecule has 1 aliphatic carbocycles. The molecule has 0 unspecified atom stereocenters. The van der Waals surface area contributed by atoms with Crippen LogP contribution in [-0.2, 0) is 26.0 Å². The number of alkyl halides is 2. The summed E-state index contributed by atoms with van der Waals surface area (Å²) in [6, 6.07) is 11.3. The van der Waals surface area contributed by atoms with Crippen molar-refractivity contribution in [2.75, 3.05) is 0 Å². The summed E-state index contributed by atoms with van der Waals surface area (Å²) in [5.41, 5.74) is 0.214. The van der Waals surface area contributed by atoms with Crippen molar-refractivity contribution in [2.24, 2.45) is 0 Å². The zero-order valence-corrected chi connectivity index (χ0v) is 15.5. The first-order valence-electron chi connectivity index (χ1n) is 7.96. The number of hydrogen-bond acceptors (Lipinski definition) is 5. The third-order valence-corrected chi connectivity index (χ3v) is 7.01. The maximum absolute atomic E-state index is 12.8. The summed E-state index contributed by atoms with van der Waals surface area (Å²) >= 11 is 5.77. The van der Waals surface area contributed by atoms with Gasteiger partial charge >= 0.3 is 12.6 Å². The van der Waals surface area contributed by atoms with Gasteiger partial charge in [0.25, 0.3) is 0 Å². The lowest BCUT2D eigenvalue weighted by Crippen LogP contribution is -2.34. The van der Waals surface area contributed by atoms with Crippen LogP contribution in [0.1, 0.15) is 18.4 Å². The molecule has 0 radical (unpaired) electrons. The van der Waals surface area contributed by atoms with Gasteiger partial charge in [0.2, 0.25) is 0 Å². The van der Waals surface area contributed by atoms with E-state index in [9.17, 15) is 22.0 Å². The predicted molar refractivity (Wildman–Crippen MR) is 93.5 cm³/mol. The molecule has 0 N–H and O–H groups in total. The molecule has 0 saturated heterocycles. The number of halogens is 3. The Labute approximate surface area is 159 Å². The van der Waals surface area contributed by atoms with Crippen LogP contribution >= 0.6 is 11.6 Å². The van der Waals surface area contributed by atoms with Crippen LogP contribution in [-0.4, -0.2) is 25.7 Å². The van der Waals surface area contributed by atoms with Crippen LogP contribution in [0, 0.1) is 0 Å². The summed E-state index contributed by atoms with van der Waals surface area (Å²) in [5, 5.41) is 0.372. The second-order valence-electron chi connectivity index (χ2n) is 6.01. The Morgan fingerprint density at radius 2 is 1.74 bits per heavy atom. The maximum Gasteiger partial charge on any atom is 0.387 e. The van der Waals surface area contributed by atoms with Crippen molar-refractivity contribution < 1.29 is 31.5 Å². The van der Waals surface area contributed by atoms with E-state index in [1.54, 1.807) is 6.07 Å². The van der Waals surface area contributed by atoms with Gasteiger partial charge in [-0.05, 0) is 43.2 Å². The molecular formula is C18H15ClF2O5S. The normalized spacial score (nSPS) is 15.4. The Morgan fingerprint density at radius 3 is 2.33 bits per heavy atom. The average molecular weight is 417 g/mol. The average Bonchev–Trinajstić information content (AvgIpc) is 3.43. The molecule has 0 amide bonds. The first-order valence-corrected chi connectivity index (χ1v) is 9.82. The van der Waals surface area contributed by atoms with Crippen molar-refractivity contribution in [3.8, 4) is 5.75 Å². The van der Waals surface area contributed by atoms with Gasteiger partial charge < -0.3 is 9.47 Å². The number of hydrogen-bond donors (Lipinski definition) is 0. The van der Waals surface area contributed by atoms with E-state index in [0.29, 0.717) is 5.02 Å². The van der Waals surface area contributed by atoms with Gasteiger partial charge in [-0.1, -0.05) is 29.8 Å². The predicted octanol–water partition coefficient (Wildman–Crippen LogP) is 3.99. The fourth-order valence-corrected chi connectivity index (χ4v) is 4.63. The Balaban J connectivity index is 1.76. The molecule has 1 saturated carbocycles. The smallest absolute Gasteiger partial charge is 0.387 e. The van der Waals surface area contributed by atoms with Crippen LogP contribution in [0.25, 0.3) is 0 Å². The summed E-state index contributed by atoms with van der Waals surface area (Å²) in [6.45, 7) is -3.40. The topological polar surface area (TPSA) is 69.7 Å². The number of sulfone groups is 1. The SMILES string of the molecule is O=C(OCc1ccccc1OC(F)F)C1(S(=O)(=O)c2ccc(Cl)cc2)CC1. The third kappa shape index (κ3) is 3.91. The van der Waals surface area contributed by atoms with Crippen molar-refractivity contribution >= 4 is 27.4 Å². The highest BCUT2D eigenvalue weighted by Crippen LogP contribution is 2.48. The standard InChI is InChI=1S/C18H15ClF2O5S/c19-13-5-7-14(8-6-13)27(23,24)18(9-10-18)16(22)25-11-12-3-1-2-4-15(12)26-17(20)21/h1-8,17H,9-11H2. The molecule has 0 heterocycles. The number of esters is 1. The number of para-hydroxylation sites is 1. The van der Waals surface area contributed by atoms with E-state index in [-0.39, 0.29) is 35.7 Å². The van der Waals surface area contributed by atoms with Gasteiger partial charge in [0.05, 0.1) is 4.90 Å². The van der Waals surface area contributed by atoms with Gasteiger partial charge in [0, 0.05) is 10.6 Å². The Hall–Kier alpha value is -2.19. The van der Waals surface area contributed by atoms with Crippen molar-refractivity contribution in [1.29, 1.82) is 0 Å². The number of ether oxygens (including phenoxy) is 2. The molecule has 5 nitrogen and oxygen atoms in total. The van der Waals surface area contributed by atoms with Gasteiger partial charge in [0.15, 0.2) is 14.6 Å². The second kappa shape index (κ2) is 7.44. The van der Waals surface area contributed by atoms with Crippen LogP contribution in [0.15, 0.2) is 53.4 Å². The van der Waals surface area contributed by atoms with Gasteiger partial charge in [-0.15, -0.1) is 0 Å². The summed E-state index contributed by atoms with van der Waals surface area (Å²) in [6.07, 6.45) is 0.262. The van der Waals surface area contributed by atoms with Crippen LogP contribution in [0.3, 0.4) is 0 Å². The molecular weight excluding hydrogens is 402 g/mol. The fraction of sp³-hybridized carbons (Fsp3) is 0.278. The van der Waals surface area contributed by atoms with E-state index in [1.165, 1.54) is 42.5 Å². The molecule has 0 aliphatic heterocycles. The first kappa shape index (κ1) is 19.6. The Kier molecular flexibility index (Phi) is 5.39. The van der Waals surface area contributed by atoms with Gasteiger partial charge in [0.1, 0.15) is 12.4 Å². The number of carbonyl (C=O) groups is 1. The summed E-state index contributed by atoms with van der Waals surface area (Å²) < 4.78 is 58.4. The highest BCUT2D eigenvalue weighted by atomic mass is 35.5. The first-order chi connectivity index (χ1) is 12.8. The van der Waals surface area contributed by atoms with Crippen molar-refractivity contribution in [3.63, 3.8) is 0 Å². The summed E-state index contributed by atoms with van der Waals surface area (Å²) in [7, 11) is -3.96. The lowest BCUT2D eigenvalue weighted by Gasteiger charge is -2.16. The number of rotatable bonds is 7. The largest absolute Gasteiger partial charge is 0.459 e. The summed E-state index contributed by atoms with van der Waals surface area (Å²) in [4.78, 5) is 12.5. The molecule has 2 aromatic carbocycles. The molecule has 1 fully saturated rings. The van der Waals surface area contributed by atoms with Crippen molar-refractivity contribution in [1.82, 2.24) is 0 Å². The maximum atomic E-state index is 12.8. The quantitative estimate of drug-likeness (QED) is 0.638. The van der Waals surface area contributed by atoms with Crippen LogP contribution < -0.4 is 4.74 Å². The van der Waals surface area contributed by atoms with Gasteiger partial charge in [-0.25, -0.2) is 8.42 Å². The zero-order valence-electron chi connectivity index (χ0n) is 13.9. The van der Waals surface area contributed by atoms with Crippen molar-refractivity contribution in [2.45, 2.75) is 35.7 Å². The minimum absolute atomic E-state index is 0.0252. The van der Waals surface area contributed by atoms with E-state index < -0.39 is 27.2 Å². The second-order valence-corrected chi connectivity index (χ2v) is 8.71. The van der Waals surface area contributed by atoms with Gasteiger partial charge in [-0.2, -0.15) is 8.78 Å². The molecule has 0 bridgehead atoms. The Morgan fingerprint density at radius 1 is 1.11 bits per heavy atom. The molecule has 0 atom stereocenters. The number of carbonyl (C=O) groups excluding carboxylic acids is 1. The zero-order chi connectivity index (χ0) is 19.7. The van der Waals surface area contributed by atoms with E-state index in [2.05, 4.69) is 4.74 Å². The molecule has 144 valence electrons. The van der Waals surface area contributed by atoms with E-state index in [1.807, 2.05) is 0 Å². The monoisotopic (exact) mass is 416 g/mol. The van der Waals surface area contributed by atoms with E-state index >= 15 is 0 Å². The molecule has 3 rings (SSSR count). The minimum Gasteiger partial charge on any atom is -0.459 e.